The van der Waals surface area contributed by atoms with Crippen LogP contribution in [0.1, 0.15) is 18.7 Å². The molecule has 2 aromatic carbocycles. The number of carbonyl (C=O) groups is 1. The molecule has 2 aromatic heterocycles. The molecule has 1 fully saturated rings. The molecule has 222 valence electrons. The SMILES string of the molecule is C[C@H](NP(=O)(OCC1OC(n2cnc3c(N)nc(Cl)nc32)C(F)C1O)Oc1ccccc1)C(=O)OCc1ccccc1. The van der Waals surface area contributed by atoms with Gasteiger partial charge in [0.1, 0.15) is 36.1 Å². The van der Waals surface area contributed by atoms with Gasteiger partial charge in [-0.15, -0.1) is 0 Å². The van der Waals surface area contributed by atoms with Gasteiger partial charge in [-0.05, 0) is 36.2 Å². The summed E-state index contributed by atoms with van der Waals surface area (Å²) in [6, 6.07) is 16.0. The Hall–Kier alpha value is -3.65. The number of benzene rings is 2. The number of anilines is 1. The van der Waals surface area contributed by atoms with Crippen molar-refractivity contribution in [1.82, 2.24) is 24.6 Å². The number of nitrogens with one attached hydrogen (secondary N) is 1. The Labute approximate surface area is 244 Å². The number of alkyl halides is 1. The van der Waals surface area contributed by atoms with E-state index in [1.165, 1.54) is 30.0 Å². The van der Waals surface area contributed by atoms with Gasteiger partial charge in [-0.25, -0.2) is 13.9 Å². The summed E-state index contributed by atoms with van der Waals surface area (Å²) < 4.78 is 52.6. The number of fused-ring (bicyclic) bond motifs is 1. The number of rotatable bonds is 11. The molecule has 6 atom stereocenters. The summed E-state index contributed by atoms with van der Waals surface area (Å²) in [7, 11) is -4.32. The predicted octanol–water partition coefficient (Wildman–Crippen LogP) is 3.58. The van der Waals surface area contributed by atoms with Gasteiger partial charge in [0.25, 0.3) is 0 Å². The molecule has 0 radical (unpaired) electrons. The van der Waals surface area contributed by atoms with E-state index in [4.69, 9.17) is 35.9 Å². The first-order chi connectivity index (χ1) is 20.1. The summed E-state index contributed by atoms with van der Waals surface area (Å²) >= 11 is 5.90. The smallest absolute Gasteiger partial charge is 0.459 e. The van der Waals surface area contributed by atoms with Gasteiger partial charge in [0.05, 0.1) is 12.9 Å². The number of nitrogens with zero attached hydrogens (tertiary/aromatic N) is 4. The van der Waals surface area contributed by atoms with Crippen LogP contribution in [0.25, 0.3) is 11.2 Å². The summed E-state index contributed by atoms with van der Waals surface area (Å²) in [6.07, 6.45) is -5.11. The van der Waals surface area contributed by atoms with Crippen molar-refractivity contribution in [2.24, 2.45) is 0 Å². The highest BCUT2D eigenvalue weighted by Crippen LogP contribution is 2.46. The van der Waals surface area contributed by atoms with Crippen LogP contribution in [0.4, 0.5) is 10.2 Å². The minimum Gasteiger partial charge on any atom is -0.460 e. The molecule has 1 aliphatic rings. The molecule has 1 saturated heterocycles. The summed E-state index contributed by atoms with van der Waals surface area (Å²) in [5.74, 6) is -0.558. The highest BCUT2D eigenvalue weighted by Gasteiger charge is 2.47. The average molecular weight is 621 g/mol. The van der Waals surface area contributed by atoms with Crippen LogP contribution in [-0.2, 0) is 30.0 Å². The zero-order valence-electron chi connectivity index (χ0n) is 22.1. The number of carbonyl (C=O) groups excluding carboxylic acids is 1. The van der Waals surface area contributed by atoms with Crippen LogP contribution in [0.3, 0.4) is 0 Å². The van der Waals surface area contributed by atoms with Crippen LogP contribution in [0.5, 0.6) is 5.75 Å². The third-order valence-corrected chi connectivity index (χ3v) is 8.11. The normalized spacial score (nSPS) is 22.5. The molecule has 1 aliphatic heterocycles. The number of nitrogens with two attached hydrogens (primary N) is 1. The quantitative estimate of drug-likeness (QED) is 0.127. The van der Waals surface area contributed by atoms with Crippen molar-refractivity contribution < 1.29 is 37.4 Å². The second-order valence-corrected chi connectivity index (χ2v) is 11.4. The number of esters is 1. The van der Waals surface area contributed by atoms with E-state index in [1.54, 1.807) is 42.5 Å². The standard InChI is InChI=1S/C26H27ClFN6O7P/c1-15(25(36)38-12-16-8-4-2-5-9-16)33-42(37,41-17-10-6-3-7-11-17)39-13-18-21(35)19(28)24(40-18)34-14-30-20-22(29)31-26(27)32-23(20)34/h2-11,14-15,18-19,21,24,35H,12-13H2,1H3,(H,33,37)(H2,29,31,32)/t15-,18?,19?,21?,24?,42?/m0/s1. The zero-order valence-corrected chi connectivity index (χ0v) is 23.8. The van der Waals surface area contributed by atoms with Gasteiger partial charge in [0.2, 0.25) is 5.28 Å². The fraction of sp³-hybridized carbons (Fsp3) is 0.308. The fourth-order valence-corrected chi connectivity index (χ4v) is 5.86. The first-order valence-corrected chi connectivity index (χ1v) is 14.7. The first kappa shape index (κ1) is 29.8. The number of aliphatic hydroxyl groups excluding tert-OH is 1. The topological polar surface area (TPSA) is 173 Å². The van der Waals surface area contributed by atoms with E-state index in [-0.39, 0.29) is 34.6 Å². The molecule has 5 unspecified atom stereocenters. The second-order valence-electron chi connectivity index (χ2n) is 9.34. The molecule has 0 aliphatic carbocycles. The lowest BCUT2D eigenvalue weighted by molar-refractivity contribution is -0.146. The Morgan fingerprint density at radius 2 is 1.90 bits per heavy atom. The molecule has 4 aromatic rings. The van der Waals surface area contributed by atoms with E-state index in [1.807, 2.05) is 6.07 Å². The molecule has 13 nitrogen and oxygen atoms in total. The Balaban J connectivity index is 1.29. The predicted molar refractivity (Wildman–Crippen MR) is 149 cm³/mol. The summed E-state index contributed by atoms with van der Waals surface area (Å²) in [4.78, 5) is 24.6. The molecule has 42 heavy (non-hydrogen) atoms. The van der Waals surface area contributed by atoms with E-state index < -0.39 is 51.0 Å². The molecule has 5 rings (SSSR count). The molecule has 16 heteroatoms. The van der Waals surface area contributed by atoms with Gasteiger partial charge in [-0.3, -0.25) is 13.9 Å². The van der Waals surface area contributed by atoms with Crippen molar-refractivity contribution in [1.29, 1.82) is 0 Å². The highest BCUT2D eigenvalue weighted by molar-refractivity contribution is 7.52. The Morgan fingerprint density at radius 1 is 1.21 bits per heavy atom. The largest absolute Gasteiger partial charge is 0.460 e. The number of hydrogen-bond acceptors (Lipinski definition) is 11. The number of halogens is 2. The lowest BCUT2D eigenvalue weighted by Crippen LogP contribution is -2.37. The number of aromatic nitrogens is 4. The minimum atomic E-state index is -4.32. The molecule has 0 saturated carbocycles. The maximum atomic E-state index is 15.3. The fourth-order valence-electron chi connectivity index (χ4n) is 4.19. The summed E-state index contributed by atoms with van der Waals surface area (Å²) in [5, 5.41) is 13.0. The van der Waals surface area contributed by atoms with Gasteiger partial charge < -0.3 is 24.8 Å². The molecule has 0 spiro atoms. The third-order valence-electron chi connectivity index (χ3n) is 6.30. The molecule has 0 bridgehead atoms. The van der Waals surface area contributed by atoms with Crippen LogP contribution in [0, 0.1) is 0 Å². The van der Waals surface area contributed by atoms with Gasteiger partial charge in [-0.2, -0.15) is 15.1 Å². The number of imidazole rings is 1. The molecular formula is C26H27ClFN6O7P. The average Bonchev–Trinajstić information content (AvgIpc) is 3.52. The van der Waals surface area contributed by atoms with Crippen molar-refractivity contribution in [2.45, 2.75) is 44.2 Å². The monoisotopic (exact) mass is 620 g/mol. The van der Waals surface area contributed by atoms with E-state index in [0.717, 1.165) is 5.56 Å². The number of ether oxygens (including phenoxy) is 2. The van der Waals surface area contributed by atoms with Crippen LogP contribution < -0.4 is 15.3 Å². The molecule has 3 heterocycles. The number of nitrogen functional groups attached to an aromatic ring is 1. The third kappa shape index (κ3) is 6.70. The van der Waals surface area contributed by atoms with Crippen LogP contribution in [0.15, 0.2) is 67.0 Å². The Bertz CT molecular complexity index is 1580. The maximum Gasteiger partial charge on any atom is 0.459 e. The molecule has 4 N–H and O–H groups in total. The minimum absolute atomic E-state index is 0.00247. The van der Waals surface area contributed by atoms with Crippen molar-refractivity contribution in [3.63, 3.8) is 0 Å². The van der Waals surface area contributed by atoms with E-state index in [0.29, 0.717) is 0 Å². The van der Waals surface area contributed by atoms with E-state index >= 15 is 4.39 Å². The van der Waals surface area contributed by atoms with Gasteiger partial charge in [0.15, 0.2) is 23.9 Å². The summed E-state index contributed by atoms with van der Waals surface area (Å²) in [5.41, 5.74) is 6.86. The van der Waals surface area contributed by atoms with Gasteiger partial charge in [-0.1, -0.05) is 48.5 Å². The lowest BCUT2D eigenvalue weighted by atomic mass is 10.1. The Morgan fingerprint density at radius 3 is 2.62 bits per heavy atom. The van der Waals surface area contributed by atoms with Gasteiger partial charge >= 0.3 is 13.7 Å². The van der Waals surface area contributed by atoms with Crippen molar-refractivity contribution in [3.05, 3.63) is 77.8 Å². The molecular weight excluding hydrogens is 594 g/mol. The number of hydrogen-bond donors (Lipinski definition) is 3. The van der Waals surface area contributed by atoms with Crippen LogP contribution in [-0.4, -0.2) is 61.6 Å². The van der Waals surface area contributed by atoms with E-state index in [9.17, 15) is 14.5 Å². The van der Waals surface area contributed by atoms with Crippen molar-refractivity contribution >= 4 is 42.3 Å². The van der Waals surface area contributed by atoms with Gasteiger partial charge in [0, 0.05) is 0 Å². The first-order valence-electron chi connectivity index (χ1n) is 12.7. The van der Waals surface area contributed by atoms with Crippen LogP contribution in [0.2, 0.25) is 5.28 Å². The Kier molecular flexibility index (Phi) is 9.02. The highest BCUT2D eigenvalue weighted by atomic mass is 35.5. The lowest BCUT2D eigenvalue weighted by Gasteiger charge is -2.24. The summed E-state index contributed by atoms with van der Waals surface area (Å²) in [6.45, 7) is 0.850. The van der Waals surface area contributed by atoms with Crippen LogP contribution >= 0.6 is 19.3 Å². The van der Waals surface area contributed by atoms with Crippen molar-refractivity contribution in [2.75, 3.05) is 12.3 Å². The van der Waals surface area contributed by atoms with Crippen molar-refractivity contribution in [3.8, 4) is 5.75 Å². The zero-order chi connectivity index (χ0) is 29.9. The number of para-hydroxylation sites is 1. The molecule has 0 amide bonds. The second kappa shape index (κ2) is 12.7. The maximum absolute atomic E-state index is 15.3. The number of aliphatic hydroxyl groups is 1. The van der Waals surface area contributed by atoms with E-state index in [2.05, 4.69) is 20.0 Å².